The van der Waals surface area contributed by atoms with Crippen LogP contribution < -0.4 is 18.3 Å². The van der Waals surface area contributed by atoms with Crippen molar-refractivity contribution in [2.75, 3.05) is 0 Å². The fraction of sp³-hybridized carbons (Fsp3) is 0.333. The Labute approximate surface area is 654 Å². The van der Waals surface area contributed by atoms with Crippen molar-refractivity contribution in [3.63, 3.8) is 0 Å². The summed E-state index contributed by atoms with van der Waals surface area (Å²) in [6.07, 6.45) is 5.14. The molecule has 12 aromatic heterocycles. The first-order valence-electron chi connectivity index (χ1n) is 44.7. The summed E-state index contributed by atoms with van der Waals surface area (Å²) in [7, 11) is 7.95. The molecule has 18 rings (SSSR count). The molecule has 12 nitrogen and oxygen atoms in total. The van der Waals surface area contributed by atoms with Gasteiger partial charge in [0.05, 0.1) is 22.3 Å². The monoisotopic (exact) mass is 1450 g/mol. The standard InChI is InChI=1S/C26H29N2O.C25H27N2O.C23H25N2O.C22H23N2O/c1-4-18-11-15-23(28(3)16-18)24-17(2)10-12-20-21-13-14-22(19-8-6-5-7-9-19)27-26(21)29-25(20)24;1-4-17-10-14-22(27(3)15-17)23-16(2)9-11-19-20-12-13-21(18-7-5-6-8-18)26-25(20)28-24(19)23;1-6-17-9-11-19-18-10-7-15(4)21(22(18)26-23(19)24-17)20-12-8-16(14(2)3)13-25(20)5;1-13(2)16-8-11-19(24(5)12-16)20-14(3)6-9-17-18-10-7-15(4)23-22(18)25-21(17)20/h10-16,19H,4-9H2,1-3H3;9-15,18H,4-8H2,1-3H3;7-14H,6H2,1-5H3;6-13H,1-5H3/q4*+1/i1D3,8D2,9D2,19D;1D3,7D2,18D;;. The fourth-order valence-electron chi connectivity index (χ4n) is 15.3. The largest absolute Gasteiger partial charge is 0.437 e. The van der Waals surface area contributed by atoms with Crippen LogP contribution in [0, 0.1) is 34.6 Å². The third-order valence-corrected chi connectivity index (χ3v) is 21.4. The van der Waals surface area contributed by atoms with E-state index in [2.05, 4.69) is 171 Å². The van der Waals surface area contributed by atoms with Crippen LogP contribution in [-0.2, 0) is 47.5 Å². The predicted octanol–water partition coefficient (Wildman–Crippen LogP) is 23.1. The zero-order valence-electron chi connectivity index (χ0n) is 78.4. The summed E-state index contributed by atoms with van der Waals surface area (Å²) in [5.41, 5.74) is 24.1. The van der Waals surface area contributed by atoms with E-state index in [1.165, 1.54) is 22.3 Å². The molecule has 108 heavy (non-hydrogen) atoms. The van der Waals surface area contributed by atoms with Crippen LogP contribution in [0.5, 0.6) is 0 Å². The van der Waals surface area contributed by atoms with E-state index in [0.29, 0.717) is 76.8 Å². The lowest BCUT2D eigenvalue weighted by atomic mass is 9.86. The molecule has 1 unspecified atom stereocenters. The number of hydrogen-bond donors (Lipinski definition) is 0. The normalized spacial score (nSPS) is 18.6. The topological polar surface area (TPSA) is 120 Å². The van der Waals surface area contributed by atoms with Crippen molar-refractivity contribution in [1.29, 1.82) is 0 Å². The summed E-state index contributed by atoms with van der Waals surface area (Å²) < 4.78 is 147. The van der Waals surface area contributed by atoms with Gasteiger partial charge in [0.2, 0.25) is 45.6 Å². The zero-order valence-corrected chi connectivity index (χ0v) is 64.4. The van der Waals surface area contributed by atoms with Crippen molar-refractivity contribution in [3.8, 4) is 45.0 Å². The van der Waals surface area contributed by atoms with E-state index in [4.69, 9.17) is 36.9 Å². The van der Waals surface area contributed by atoms with E-state index in [0.717, 1.165) is 134 Å². The van der Waals surface area contributed by atoms with Crippen LogP contribution in [0.4, 0.5) is 0 Å². The molecular weight excluding hydrogens is 1330 g/mol. The van der Waals surface area contributed by atoms with Crippen LogP contribution in [0.25, 0.3) is 133 Å². The molecule has 2 aliphatic carbocycles. The molecule has 0 amide bonds. The summed E-state index contributed by atoms with van der Waals surface area (Å²) >= 11 is 0. The first-order chi connectivity index (χ1) is 57.5. The number of furan rings is 4. The van der Waals surface area contributed by atoms with Gasteiger partial charge in [-0.1, -0.05) is 129 Å². The maximum atomic E-state index is 9.00. The van der Waals surface area contributed by atoms with Crippen LogP contribution in [0.1, 0.15) is 216 Å². The van der Waals surface area contributed by atoms with Gasteiger partial charge >= 0.3 is 0 Å². The first kappa shape index (κ1) is 57.5. The molecule has 2 fully saturated rings. The van der Waals surface area contributed by atoms with Crippen molar-refractivity contribution in [3.05, 3.63) is 238 Å². The zero-order chi connectivity index (χ0) is 87.6. The van der Waals surface area contributed by atoms with E-state index in [9.17, 15) is 0 Å². The van der Waals surface area contributed by atoms with Crippen LogP contribution in [0.2, 0.25) is 0 Å². The number of pyridine rings is 8. The molecule has 16 aromatic rings. The molecule has 0 radical (unpaired) electrons. The second-order valence-electron chi connectivity index (χ2n) is 29.6. The average molecular weight is 1450 g/mol. The molecule has 0 spiro atoms. The van der Waals surface area contributed by atoms with E-state index < -0.39 is 44.6 Å². The summed E-state index contributed by atoms with van der Waals surface area (Å²) in [4.78, 5) is 18.4. The van der Waals surface area contributed by atoms with Gasteiger partial charge in [-0.15, -0.1) is 0 Å². The van der Waals surface area contributed by atoms with E-state index in [-0.39, 0.29) is 37.1 Å². The van der Waals surface area contributed by atoms with Crippen LogP contribution in [0.15, 0.2) is 188 Å². The van der Waals surface area contributed by atoms with Gasteiger partial charge in [0, 0.05) is 143 Å². The summed E-state index contributed by atoms with van der Waals surface area (Å²) in [6, 6.07) is 48.1. The highest BCUT2D eigenvalue weighted by molar-refractivity contribution is 6.12. The molecule has 2 aliphatic rings. The molecular formula is C96H104N8O4+4. The van der Waals surface area contributed by atoms with Gasteiger partial charge in [-0.3, -0.25) is 0 Å². The SMILES string of the molecule is CCc1ccc2c(n1)oc1c(-c3ccc(C(C)C)c[n+]3C)c(C)ccc12.Cc1ccc2c(n1)oc1c(-c3ccc(C(C)C)c[n+]3C)c(C)ccc12.[2H]C([2H])([2H])Cc1ccc(-c2c(C)ccc3c2oc2nc(C4([2H])C([2H])([2H])CCCC4([2H])[2H])ccc23)[n+](C)c1.[2H]C([2H])([2H])Cc1ccc(-c2c(C)ccc3c2oc2nc(C4([2H])CCCC4([2H])[2H])ccc23)[n+](C)c1. The lowest BCUT2D eigenvalue weighted by Gasteiger charge is -2.20. The Morgan fingerprint density at radius 3 is 1.11 bits per heavy atom. The molecule has 548 valence electrons. The van der Waals surface area contributed by atoms with Crippen LogP contribution >= 0.6 is 0 Å². The Kier molecular flexibility index (Phi) is 16.2. The number of aryl methyl sites for hydroxylation is 12. The summed E-state index contributed by atoms with van der Waals surface area (Å²) in [6.45, 7) is 17.1. The number of aromatic nitrogens is 8. The molecule has 2 saturated carbocycles. The van der Waals surface area contributed by atoms with Gasteiger partial charge in [-0.25, -0.2) is 38.2 Å². The first-order valence-corrected chi connectivity index (χ1v) is 37.7. The maximum Gasteiger partial charge on any atom is 0.227 e. The van der Waals surface area contributed by atoms with Gasteiger partial charge < -0.3 is 17.7 Å². The fourth-order valence-corrected chi connectivity index (χ4v) is 15.3. The second-order valence-corrected chi connectivity index (χ2v) is 29.6. The number of benzene rings is 4. The van der Waals surface area contributed by atoms with Gasteiger partial charge in [0.25, 0.3) is 0 Å². The molecule has 0 N–H and O–H groups in total. The van der Waals surface area contributed by atoms with Gasteiger partial charge in [0.15, 0.2) is 47.1 Å². The van der Waals surface area contributed by atoms with Gasteiger partial charge in [0.1, 0.15) is 28.2 Å². The Morgan fingerprint density at radius 1 is 0.380 bits per heavy atom. The minimum atomic E-state index is -2.17. The molecule has 4 aromatic carbocycles. The molecule has 0 saturated heterocycles. The number of rotatable bonds is 11. The van der Waals surface area contributed by atoms with E-state index in [1.807, 2.05) is 105 Å². The van der Waals surface area contributed by atoms with E-state index in [1.54, 1.807) is 30.5 Å². The lowest BCUT2D eigenvalue weighted by Crippen LogP contribution is -2.31. The molecule has 0 bridgehead atoms. The van der Waals surface area contributed by atoms with Crippen LogP contribution in [0.3, 0.4) is 0 Å². The highest BCUT2D eigenvalue weighted by Gasteiger charge is 2.29. The van der Waals surface area contributed by atoms with Crippen molar-refractivity contribution < 1.29 is 55.1 Å². The Hall–Kier alpha value is -10.7. The number of nitrogens with zero attached hydrogens (tertiary/aromatic N) is 8. The third-order valence-electron chi connectivity index (χ3n) is 21.4. The molecule has 1 atom stereocenters. The summed E-state index contributed by atoms with van der Waals surface area (Å²) in [5, 5.41) is 7.62. The second kappa shape index (κ2) is 30.5. The quantitative estimate of drug-likeness (QED) is 0.117. The van der Waals surface area contributed by atoms with Crippen molar-refractivity contribution in [2.24, 2.45) is 28.2 Å². The van der Waals surface area contributed by atoms with Crippen molar-refractivity contribution >= 4 is 88.3 Å². The Morgan fingerprint density at radius 2 is 0.731 bits per heavy atom. The minimum absolute atomic E-state index is 0.00397. The minimum Gasteiger partial charge on any atom is -0.437 e. The molecule has 0 aliphatic heterocycles. The highest BCUT2D eigenvalue weighted by atomic mass is 16.4. The summed E-state index contributed by atoms with van der Waals surface area (Å²) in [5.74, 6) is -2.54. The van der Waals surface area contributed by atoms with Crippen molar-refractivity contribution in [2.45, 2.75) is 183 Å². The van der Waals surface area contributed by atoms with E-state index >= 15 is 0 Å². The van der Waals surface area contributed by atoms with Gasteiger partial charge in [-0.05, 0) is 186 Å². The highest BCUT2D eigenvalue weighted by Crippen LogP contribution is 2.43. The molecule has 12 heterocycles. The van der Waals surface area contributed by atoms with Crippen LogP contribution in [-0.4, -0.2) is 19.9 Å². The third kappa shape index (κ3) is 14.0. The predicted molar refractivity (Wildman–Crippen MR) is 440 cm³/mol. The van der Waals surface area contributed by atoms with Crippen molar-refractivity contribution in [1.82, 2.24) is 19.9 Å². The lowest BCUT2D eigenvalue weighted by molar-refractivity contribution is -0.661. The maximum absolute atomic E-state index is 9.00. The van der Waals surface area contributed by atoms with Gasteiger partial charge in [-0.2, -0.15) is 0 Å². The Balaban J connectivity index is 0.000000128. The number of hydrogen-bond acceptors (Lipinski definition) is 8. The smallest absolute Gasteiger partial charge is 0.227 e. The Bertz CT molecular complexity index is 6780. The molecule has 12 heteroatoms. The number of fused-ring (bicyclic) bond motifs is 12. The average Bonchev–Trinajstić information content (AvgIpc) is 1.26.